The topological polar surface area (TPSA) is 32.7 Å². The molecule has 4 heteroatoms. The van der Waals surface area contributed by atoms with Crippen molar-refractivity contribution in [1.29, 1.82) is 0 Å². The van der Waals surface area contributed by atoms with Gasteiger partial charge < -0.3 is 9.84 Å². The monoisotopic (exact) mass is 333 g/mol. The van der Waals surface area contributed by atoms with Crippen LogP contribution in [0.1, 0.15) is 24.5 Å². The largest absolute Gasteiger partial charge is 0.495 e. The van der Waals surface area contributed by atoms with Crippen LogP contribution in [-0.2, 0) is 13.1 Å². The predicted molar refractivity (Wildman–Crippen MR) is 94.9 cm³/mol. The van der Waals surface area contributed by atoms with E-state index in [0.717, 1.165) is 25.1 Å². The fourth-order valence-corrected chi connectivity index (χ4v) is 2.96. The van der Waals surface area contributed by atoms with Crippen LogP contribution in [0, 0.1) is 0 Å². The zero-order chi connectivity index (χ0) is 16.7. The highest BCUT2D eigenvalue weighted by atomic mass is 35.5. The molecule has 3 nitrogen and oxygen atoms in total. The molecule has 1 N–H and O–H groups in total. The van der Waals surface area contributed by atoms with Crippen LogP contribution in [0.25, 0.3) is 0 Å². The molecule has 2 aromatic carbocycles. The van der Waals surface area contributed by atoms with E-state index in [1.165, 1.54) is 5.56 Å². The number of methoxy groups -OCH3 is 1. The Morgan fingerprint density at radius 2 is 1.78 bits per heavy atom. The maximum atomic E-state index is 9.70. The Balaban J connectivity index is 2.18. The Bertz CT molecular complexity index is 600. The summed E-state index contributed by atoms with van der Waals surface area (Å²) in [6.45, 7) is 3.77. The third-order valence-electron chi connectivity index (χ3n) is 4.03. The number of hydrogen-bond acceptors (Lipinski definition) is 3. The number of hydrogen-bond donors (Lipinski definition) is 1. The van der Waals surface area contributed by atoms with E-state index in [4.69, 9.17) is 16.3 Å². The summed E-state index contributed by atoms with van der Waals surface area (Å²) in [5, 5.41) is 10.3. The van der Waals surface area contributed by atoms with Crippen LogP contribution < -0.4 is 4.74 Å². The summed E-state index contributed by atoms with van der Waals surface area (Å²) in [7, 11) is 1.61. The van der Waals surface area contributed by atoms with E-state index in [-0.39, 0.29) is 12.6 Å². The molecular formula is C19H24ClNO2. The van der Waals surface area contributed by atoms with Crippen LogP contribution in [0.2, 0.25) is 5.02 Å². The van der Waals surface area contributed by atoms with E-state index in [1.807, 2.05) is 36.4 Å². The first-order valence-electron chi connectivity index (χ1n) is 7.89. The number of aliphatic hydroxyl groups is 1. The maximum Gasteiger partial charge on any atom is 0.137 e. The highest BCUT2D eigenvalue weighted by molar-refractivity contribution is 6.32. The van der Waals surface area contributed by atoms with Crippen LogP contribution in [0.5, 0.6) is 5.75 Å². The molecule has 124 valence electrons. The molecule has 0 aliphatic rings. The first-order chi connectivity index (χ1) is 11.2. The third kappa shape index (κ3) is 4.96. The number of aliphatic hydroxyl groups excluding tert-OH is 1. The van der Waals surface area contributed by atoms with E-state index in [1.54, 1.807) is 7.11 Å². The van der Waals surface area contributed by atoms with Crippen molar-refractivity contribution >= 4 is 11.6 Å². The number of rotatable bonds is 8. The summed E-state index contributed by atoms with van der Waals surface area (Å²) in [6, 6.07) is 16.3. The lowest BCUT2D eigenvalue weighted by Gasteiger charge is -2.30. The van der Waals surface area contributed by atoms with Gasteiger partial charge in [0.15, 0.2) is 0 Å². The number of benzene rings is 2. The molecule has 0 fully saturated rings. The molecule has 2 aromatic rings. The lowest BCUT2D eigenvalue weighted by Crippen LogP contribution is -2.36. The van der Waals surface area contributed by atoms with Crippen molar-refractivity contribution in [2.24, 2.45) is 0 Å². The van der Waals surface area contributed by atoms with E-state index >= 15 is 0 Å². The second-order valence-corrected chi connectivity index (χ2v) is 6.01. The highest BCUT2D eigenvalue weighted by Crippen LogP contribution is 2.26. The molecule has 0 saturated heterocycles. The molecule has 0 aliphatic heterocycles. The lowest BCUT2D eigenvalue weighted by molar-refractivity contribution is 0.107. The average molecular weight is 334 g/mol. The summed E-state index contributed by atoms with van der Waals surface area (Å²) in [6.07, 6.45) is 0.896. The van der Waals surface area contributed by atoms with Gasteiger partial charge in [0.25, 0.3) is 0 Å². The van der Waals surface area contributed by atoms with Gasteiger partial charge in [-0.1, -0.05) is 54.9 Å². The smallest absolute Gasteiger partial charge is 0.137 e. The van der Waals surface area contributed by atoms with E-state index < -0.39 is 0 Å². The van der Waals surface area contributed by atoms with Gasteiger partial charge in [-0.2, -0.15) is 0 Å². The summed E-state index contributed by atoms with van der Waals surface area (Å²) in [5.41, 5.74) is 2.35. The molecule has 2 rings (SSSR count). The van der Waals surface area contributed by atoms with Crippen molar-refractivity contribution in [3.05, 3.63) is 64.7 Å². The maximum absolute atomic E-state index is 9.70. The summed E-state index contributed by atoms with van der Waals surface area (Å²) >= 11 is 6.23. The molecule has 0 saturated carbocycles. The first kappa shape index (κ1) is 17.8. The van der Waals surface area contributed by atoms with Crippen molar-refractivity contribution in [3.63, 3.8) is 0 Å². The van der Waals surface area contributed by atoms with Gasteiger partial charge in [-0.3, -0.25) is 4.90 Å². The van der Waals surface area contributed by atoms with Crippen molar-refractivity contribution < 1.29 is 9.84 Å². The van der Waals surface area contributed by atoms with Gasteiger partial charge in [0.05, 0.1) is 18.7 Å². The van der Waals surface area contributed by atoms with Crippen LogP contribution in [-0.4, -0.2) is 29.8 Å². The van der Waals surface area contributed by atoms with Crippen LogP contribution >= 0.6 is 11.6 Å². The third-order valence-corrected chi connectivity index (χ3v) is 4.32. The number of ether oxygens (including phenoxy) is 1. The Kier molecular flexibility index (Phi) is 6.90. The van der Waals surface area contributed by atoms with Gasteiger partial charge >= 0.3 is 0 Å². The van der Waals surface area contributed by atoms with Crippen molar-refractivity contribution in [3.8, 4) is 5.75 Å². The minimum Gasteiger partial charge on any atom is -0.495 e. The van der Waals surface area contributed by atoms with Gasteiger partial charge in [0.1, 0.15) is 5.75 Å². The van der Waals surface area contributed by atoms with Gasteiger partial charge in [-0.15, -0.1) is 0 Å². The van der Waals surface area contributed by atoms with E-state index in [9.17, 15) is 5.11 Å². The van der Waals surface area contributed by atoms with Gasteiger partial charge in [0.2, 0.25) is 0 Å². The molecule has 0 amide bonds. The minimum atomic E-state index is 0.121. The summed E-state index contributed by atoms with van der Waals surface area (Å²) in [4.78, 5) is 2.29. The summed E-state index contributed by atoms with van der Waals surface area (Å²) in [5.74, 6) is 0.680. The molecule has 0 aromatic heterocycles. The van der Waals surface area contributed by atoms with Crippen LogP contribution in [0.3, 0.4) is 0 Å². The van der Waals surface area contributed by atoms with Crippen LogP contribution in [0.15, 0.2) is 48.5 Å². The molecule has 1 unspecified atom stereocenters. The molecule has 0 aliphatic carbocycles. The molecule has 0 spiro atoms. The first-order valence-corrected chi connectivity index (χ1v) is 8.27. The quantitative estimate of drug-likeness (QED) is 0.788. The normalized spacial score (nSPS) is 12.4. The zero-order valence-electron chi connectivity index (χ0n) is 13.7. The Labute approximate surface area is 143 Å². The second kappa shape index (κ2) is 8.92. The Hall–Kier alpha value is -1.55. The standard InChI is InChI=1S/C19H24ClNO2/c1-3-17(14-22)21(12-15-7-5-4-6-8-15)13-16-9-10-19(23-2)18(20)11-16/h4-11,17,22H,3,12-14H2,1-2H3. The summed E-state index contributed by atoms with van der Waals surface area (Å²) < 4.78 is 5.20. The molecular weight excluding hydrogens is 310 g/mol. The van der Waals surface area contributed by atoms with Crippen molar-refractivity contribution in [1.82, 2.24) is 4.90 Å². The van der Waals surface area contributed by atoms with Gasteiger partial charge in [0, 0.05) is 19.1 Å². The zero-order valence-corrected chi connectivity index (χ0v) is 14.5. The van der Waals surface area contributed by atoms with Gasteiger partial charge in [-0.25, -0.2) is 0 Å². The molecule has 23 heavy (non-hydrogen) atoms. The van der Waals surface area contributed by atoms with E-state index in [2.05, 4.69) is 24.0 Å². The minimum absolute atomic E-state index is 0.121. The van der Waals surface area contributed by atoms with E-state index in [0.29, 0.717) is 10.8 Å². The lowest BCUT2D eigenvalue weighted by atomic mass is 10.1. The predicted octanol–water partition coefficient (Wildman–Crippen LogP) is 4.12. The van der Waals surface area contributed by atoms with Crippen molar-refractivity contribution in [2.45, 2.75) is 32.5 Å². The highest BCUT2D eigenvalue weighted by Gasteiger charge is 2.17. The number of halogens is 1. The molecule has 1 atom stereocenters. The fourth-order valence-electron chi connectivity index (χ4n) is 2.68. The molecule has 0 radical (unpaired) electrons. The molecule has 0 heterocycles. The fraction of sp³-hybridized carbons (Fsp3) is 0.368. The average Bonchev–Trinajstić information content (AvgIpc) is 2.57. The molecule has 0 bridgehead atoms. The van der Waals surface area contributed by atoms with Crippen LogP contribution in [0.4, 0.5) is 0 Å². The van der Waals surface area contributed by atoms with Crippen molar-refractivity contribution in [2.75, 3.05) is 13.7 Å². The Morgan fingerprint density at radius 1 is 1.09 bits per heavy atom. The second-order valence-electron chi connectivity index (χ2n) is 5.60. The van der Waals surface area contributed by atoms with Gasteiger partial charge in [-0.05, 0) is 29.7 Å². The SMILES string of the molecule is CCC(CO)N(Cc1ccccc1)Cc1ccc(OC)c(Cl)c1. The number of nitrogens with zero attached hydrogens (tertiary/aromatic N) is 1. The Morgan fingerprint density at radius 3 is 2.35 bits per heavy atom.